The maximum Gasteiger partial charge on any atom is 0.451 e. The highest BCUT2D eigenvalue weighted by atomic mass is 32.2. The number of hydrogen-bond donors (Lipinski definition) is 1. The Labute approximate surface area is 125 Å². The highest BCUT2D eigenvalue weighted by molar-refractivity contribution is 7.99. The van der Waals surface area contributed by atoms with Gasteiger partial charge >= 0.3 is 6.18 Å². The monoisotopic (exact) mass is 313 g/mol. The van der Waals surface area contributed by atoms with Gasteiger partial charge in [-0.1, -0.05) is 29.5 Å². The number of aryl methyl sites for hydroxylation is 1. The van der Waals surface area contributed by atoms with Crippen molar-refractivity contribution in [1.82, 2.24) is 9.97 Å². The average molecular weight is 313 g/mol. The summed E-state index contributed by atoms with van der Waals surface area (Å²) in [6, 6.07) is 9.02. The van der Waals surface area contributed by atoms with Crippen LogP contribution in [0.2, 0.25) is 0 Å². The van der Waals surface area contributed by atoms with Gasteiger partial charge in [-0.2, -0.15) is 13.2 Å². The molecule has 0 saturated heterocycles. The van der Waals surface area contributed by atoms with Gasteiger partial charge in [0, 0.05) is 17.5 Å². The van der Waals surface area contributed by atoms with Gasteiger partial charge in [-0.3, -0.25) is 0 Å². The normalized spacial score (nSPS) is 11.5. The molecule has 0 fully saturated rings. The number of aromatic nitrogens is 2. The van der Waals surface area contributed by atoms with E-state index >= 15 is 0 Å². The molecule has 0 aliphatic heterocycles. The van der Waals surface area contributed by atoms with Gasteiger partial charge in [-0.05, 0) is 26.0 Å². The van der Waals surface area contributed by atoms with E-state index in [4.69, 9.17) is 0 Å². The Bertz CT molecular complexity index is 612. The van der Waals surface area contributed by atoms with E-state index in [9.17, 15) is 13.2 Å². The number of nitrogens with one attached hydrogen (secondary N) is 1. The quantitative estimate of drug-likeness (QED) is 0.850. The van der Waals surface area contributed by atoms with Crippen LogP contribution in [-0.2, 0) is 6.18 Å². The minimum atomic E-state index is -4.56. The summed E-state index contributed by atoms with van der Waals surface area (Å²) in [5.74, 6) is -0.954. The summed E-state index contributed by atoms with van der Waals surface area (Å²) in [4.78, 5) is 7.91. The third-order valence-corrected chi connectivity index (χ3v) is 3.48. The van der Waals surface area contributed by atoms with Gasteiger partial charge in [0.25, 0.3) is 0 Å². The van der Waals surface area contributed by atoms with E-state index in [1.165, 1.54) is 17.8 Å². The largest absolute Gasteiger partial charge is 0.451 e. The number of halogens is 3. The minimum Gasteiger partial charge on any atom is -0.370 e. The fraction of sp³-hybridized carbons (Fsp3) is 0.286. The molecular formula is C14H14F3N3S. The molecule has 0 aliphatic rings. The predicted molar refractivity (Wildman–Crippen MR) is 76.5 cm³/mol. The van der Waals surface area contributed by atoms with Crippen molar-refractivity contribution in [2.75, 3.05) is 11.9 Å². The van der Waals surface area contributed by atoms with Crippen molar-refractivity contribution in [3.63, 3.8) is 0 Å². The molecule has 0 unspecified atom stereocenters. The summed E-state index contributed by atoms with van der Waals surface area (Å²) in [5.41, 5.74) is 1.09. The number of rotatable bonds is 4. The Balaban J connectivity index is 2.33. The van der Waals surface area contributed by atoms with Crippen LogP contribution in [0.25, 0.3) is 0 Å². The van der Waals surface area contributed by atoms with Crippen molar-refractivity contribution in [2.45, 2.75) is 29.9 Å². The van der Waals surface area contributed by atoms with Crippen LogP contribution in [0.5, 0.6) is 0 Å². The first-order valence-corrected chi connectivity index (χ1v) is 7.15. The molecule has 1 heterocycles. The van der Waals surface area contributed by atoms with E-state index in [2.05, 4.69) is 15.3 Å². The maximum atomic E-state index is 12.8. The molecule has 0 aliphatic carbocycles. The molecule has 3 nitrogen and oxygen atoms in total. The van der Waals surface area contributed by atoms with Gasteiger partial charge in [0.1, 0.15) is 10.8 Å². The fourth-order valence-corrected chi connectivity index (χ4v) is 2.42. The molecule has 0 atom stereocenters. The maximum absolute atomic E-state index is 12.8. The van der Waals surface area contributed by atoms with Crippen LogP contribution < -0.4 is 5.32 Å². The van der Waals surface area contributed by atoms with Crippen molar-refractivity contribution >= 4 is 17.6 Å². The van der Waals surface area contributed by atoms with Crippen molar-refractivity contribution in [3.05, 3.63) is 41.7 Å². The topological polar surface area (TPSA) is 37.8 Å². The van der Waals surface area contributed by atoms with Crippen LogP contribution in [0.1, 0.15) is 18.3 Å². The second kappa shape index (κ2) is 6.34. The second-order valence-electron chi connectivity index (χ2n) is 4.36. The smallest absolute Gasteiger partial charge is 0.370 e. The average Bonchev–Trinajstić information content (AvgIpc) is 2.41. The lowest BCUT2D eigenvalue weighted by molar-refractivity contribution is -0.145. The molecule has 0 bridgehead atoms. The molecule has 1 aromatic carbocycles. The second-order valence-corrected chi connectivity index (χ2v) is 5.45. The van der Waals surface area contributed by atoms with Crippen LogP contribution in [0.4, 0.5) is 19.0 Å². The molecule has 7 heteroatoms. The van der Waals surface area contributed by atoms with Crippen LogP contribution in [-0.4, -0.2) is 16.5 Å². The summed E-state index contributed by atoms with van der Waals surface area (Å²) in [7, 11) is 0. The van der Waals surface area contributed by atoms with Crippen molar-refractivity contribution in [1.29, 1.82) is 0 Å². The third-order valence-electron chi connectivity index (χ3n) is 2.56. The molecular weight excluding hydrogens is 299 g/mol. The zero-order valence-corrected chi connectivity index (χ0v) is 12.3. The van der Waals surface area contributed by atoms with Crippen molar-refractivity contribution < 1.29 is 13.2 Å². The first kappa shape index (κ1) is 15.6. The van der Waals surface area contributed by atoms with Crippen LogP contribution in [0.15, 0.2) is 40.3 Å². The van der Waals surface area contributed by atoms with Gasteiger partial charge in [-0.15, -0.1) is 0 Å². The van der Waals surface area contributed by atoms with Crippen LogP contribution in [0.3, 0.4) is 0 Å². The van der Waals surface area contributed by atoms with Crippen molar-refractivity contribution in [2.24, 2.45) is 0 Å². The lowest BCUT2D eigenvalue weighted by Crippen LogP contribution is -2.13. The number of anilines is 1. The highest BCUT2D eigenvalue weighted by Gasteiger charge is 2.35. The Morgan fingerprint density at radius 2 is 1.81 bits per heavy atom. The van der Waals surface area contributed by atoms with Gasteiger partial charge in [0.15, 0.2) is 0 Å². The fourth-order valence-electron chi connectivity index (χ4n) is 1.60. The van der Waals surface area contributed by atoms with Crippen LogP contribution >= 0.6 is 11.8 Å². The Morgan fingerprint density at radius 1 is 1.14 bits per heavy atom. The zero-order chi connectivity index (χ0) is 15.5. The van der Waals surface area contributed by atoms with Gasteiger partial charge in [-0.25, -0.2) is 9.97 Å². The Kier molecular flexibility index (Phi) is 4.72. The van der Waals surface area contributed by atoms with Crippen LogP contribution in [0, 0.1) is 6.92 Å². The number of benzene rings is 1. The molecule has 2 rings (SSSR count). The molecule has 112 valence electrons. The molecule has 0 radical (unpaired) electrons. The number of alkyl halides is 3. The SMILES string of the molecule is CCNc1cc(Sc2ccc(C)cc2)nc(C(F)(F)F)n1. The lowest BCUT2D eigenvalue weighted by atomic mass is 10.2. The molecule has 0 spiro atoms. The summed E-state index contributed by atoms with van der Waals surface area (Å²) in [5, 5.41) is 3.05. The summed E-state index contributed by atoms with van der Waals surface area (Å²) in [6.45, 7) is 4.23. The predicted octanol–water partition coefficient (Wildman–Crippen LogP) is 4.39. The van der Waals surface area contributed by atoms with Crippen molar-refractivity contribution in [3.8, 4) is 0 Å². The Morgan fingerprint density at radius 3 is 2.38 bits per heavy atom. The highest BCUT2D eigenvalue weighted by Crippen LogP contribution is 2.32. The number of nitrogens with zero attached hydrogens (tertiary/aromatic N) is 2. The van der Waals surface area contributed by atoms with Gasteiger partial charge in [0.05, 0.1) is 0 Å². The Hall–Kier alpha value is -1.76. The van der Waals surface area contributed by atoms with E-state index in [0.717, 1.165) is 10.5 Å². The number of hydrogen-bond acceptors (Lipinski definition) is 4. The lowest BCUT2D eigenvalue weighted by Gasteiger charge is -2.10. The first-order chi connectivity index (χ1) is 9.88. The molecule has 0 amide bonds. The molecule has 1 aromatic heterocycles. The summed E-state index contributed by atoms with van der Waals surface area (Å²) in [6.07, 6.45) is -4.56. The van der Waals surface area contributed by atoms with E-state index in [1.807, 2.05) is 31.2 Å². The minimum absolute atomic E-state index is 0.175. The molecule has 1 N–H and O–H groups in total. The summed E-state index contributed by atoms with van der Waals surface area (Å²) < 4.78 is 38.5. The standard InChI is InChI=1S/C14H14F3N3S/c1-3-18-11-8-12(20-13(19-11)14(15,16)17)21-10-6-4-9(2)5-7-10/h4-8H,3H2,1-2H3,(H,18,19,20). The molecule has 0 saturated carbocycles. The molecule has 2 aromatic rings. The zero-order valence-electron chi connectivity index (χ0n) is 11.5. The first-order valence-electron chi connectivity index (χ1n) is 6.33. The van der Waals surface area contributed by atoms with Gasteiger partial charge < -0.3 is 5.32 Å². The van der Waals surface area contributed by atoms with E-state index in [0.29, 0.717) is 6.54 Å². The van der Waals surface area contributed by atoms with E-state index in [-0.39, 0.29) is 10.8 Å². The van der Waals surface area contributed by atoms with E-state index in [1.54, 1.807) is 6.92 Å². The van der Waals surface area contributed by atoms with E-state index < -0.39 is 12.0 Å². The third kappa shape index (κ3) is 4.35. The molecule has 21 heavy (non-hydrogen) atoms. The van der Waals surface area contributed by atoms with Gasteiger partial charge in [0.2, 0.25) is 5.82 Å². The summed E-state index contributed by atoms with van der Waals surface area (Å²) >= 11 is 1.18.